The molecular formula is C16H20O2. The van der Waals surface area contributed by atoms with Crippen molar-refractivity contribution in [3.8, 4) is 0 Å². The van der Waals surface area contributed by atoms with Crippen molar-refractivity contribution in [2.75, 3.05) is 6.61 Å². The summed E-state index contributed by atoms with van der Waals surface area (Å²) in [6.45, 7) is 4.36. The zero-order valence-corrected chi connectivity index (χ0v) is 11.1. The van der Waals surface area contributed by atoms with Gasteiger partial charge in [0.15, 0.2) is 0 Å². The molecule has 2 nitrogen and oxygen atoms in total. The number of allylic oxidation sites excluding steroid dienone is 9. The van der Waals surface area contributed by atoms with E-state index in [1.807, 2.05) is 6.08 Å². The topological polar surface area (TPSA) is 26.3 Å². The summed E-state index contributed by atoms with van der Waals surface area (Å²) < 4.78 is 4.77. The van der Waals surface area contributed by atoms with E-state index in [4.69, 9.17) is 4.74 Å². The zero-order valence-electron chi connectivity index (χ0n) is 11.1. The van der Waals surface area contributed by atoms with Crippen molar-refractivity contribution in [3.05, 3.63) is 59.8 Å². The van der Waals surface area contributed by atoms with Crippen LogP contribution in [0.15, 0.2) is 59.8 Å². The Hall–Kier alpha value is -1.83. The fourth-order valence-electron chi connectivity index (χ4n) is 1.60. The van der Waals surface area contributed by atoms with Crippen LogP contribution >= 0.6 is 0 Å². The molecular weight excluding hydrogens is 224 g/mol. The summed E-state index contributed by atoms with van der Waals surface area (Å²) in [4.78, 5) is 11.0. The second-order valence-electron chi connectivity index (χ2n) is 4.03. The highest BCUT2D eigenvalue weighted by atomic mass is 16.5. The van der Waals surface area contributed by atoms with E-state index in [-0.39, 0.29) is 5.97 Å². The van der Waals surface area contributed by atoms with Gasteiger partial charge in [0.25, 0.3) is 0 Å². The number of carbonyl (C=O) groups excluding carboxylic acids is 1. The minimum Gasteiger partial charge on any atom is -0.463 e. The fraction of sp³-hybridized carbons (Fsp3) is 0.312. The Labute approximate surface area is 109 Å². The second kappa shape index (κ2) is 8.29. The van der Waals surface area contributed by atoms with E-state index >= 15 is 0 Å². The van der Waals surface area contributed by atoms with Gasteiger partial charge < -0.3 is 4.74 Å². The summed E-state index contributed by atoms with van der Waals surface area (Å²) in [6, 6.07) is 0. The molecule has 96 valence electrons. The lowest BCUT2D eigenvalue weighted by molar-refractivity contribution is -0.137. The smallest absolute Gasteiger partial charge is 0.330 e. The molecule has 0 spiro atoms. The van der Waals surface area contributed by atoms with Crippen molar-refractivity contribution >= 4 is 5.97 Å². The molecule has 2 heteroatoms. The van der Waals surface area contributed by atoms with Crippen molar-refractivity contribution in [3.63, 3.8) is 0 Å². The monoisotopic (exact) mass is 244 g/mol. The Kier molecular flexibility index (Phi) is 6.55. The van der Waals surface area contributed by atoms with E-state index < -0.39 is 0 Å². The molecule has 0 aromatic rings. The summed E-state index contributed by atoms with van der Waals surface area (Å²) in [6.07, 6.45) is 17.5. The van der Waals surface area contributed by atoms with Gasteiger partial charge in [-0.05, 0) is 32.3 Å². The highest BCUT2D eigenvalue weighted by Crippen LogP contribution is 2.17. The lowest BCUT2D eigenvalue weighted by atomic mass is 10.1. The average Bonchev–Trinajstić information content (AvgIpc) is 2.87. The van der Waals surface area contributed by atoms with Crippen molar-refractivity contribution in [1.82, 2.24) is 0 Å². The van der Waals surface area contributed by atoms with Crippen LogP contribution in [-0.2, 0) is 9.53 Å². The Morgan fingerprint density at radius 1 is 1.28 bits per heavy atom. The molecule has 0 N–H and O–H groups in total. The highest BCUT2D eigenvalue weighted by molar-refractivity contribution is 5.82. The third kappa shape index (κ3) is 5.48. The molecule has 0 saturated heterocycles. The van der Waals surface area contributed by atoms with Gasteiger partial charge in [0.1, 0.15) is 0 Å². The quantitative estimate of drug-likeness (QED) is 0.402. The molecule has 1 aliphatic carbocycles. The molecule has 0 aromatic heterocycles. The Balaban J connectivity index is 2.25. The van der Waals surface area contributed by atoms with Gasteiger partial charge in [0, 0.05) is 6.08 Å². The van der Waals surface area contributed by atoms with Crippen molar-refractivity contribution in [2.24, 2.45) is 0 Å². The maximum Gasteiger partial charge on any atom is 0.330 e. The predicted octanol–water partition coefficient (Wildman–Crippen LogP) is 3.88. The molecule has 0 aromatic carbocycles. The van der Waals surface area contributed by atoms with Gasteiger partial charge in [-0.1, -0.05) is 48.1 Å². The number of esters is 1. The van der Waals surface area contributed by atoms with Crippen LogP contribution in [0.25, 0.3) is 0 Å². The lowest BCUT2D eigenvalue weighted by Gasteiger charge is -2.00. The molecule has 0 aliphatic heterocycles. The number of carbonyl (C=O) groups is 1. The van der Waals surface area contributed by atoms with E-state index in [0.717, 1.165) is 12.8 Å². The Bertz CT molecular complexity index is 406. The van der Waals surface area contributed by atoms with Crippen molar-refractivity contribution in [1.29, 1.82) is 0 Å². The second-order valence-corrected chi connectivity index (χ2v) is 4.03. The molecule has 1 rings (SSSR count). The molecule has 1 aliphatic rings. The Morgan fingerprint density at radius 2 is 2.00 bits per heavy atom. The molecule has 0 bridgehead atoms. The van der Waals surface area contributed by atoms with Crippen molar-refractivity contribution < 1.29 is 9.53 Å². The number of hydrogen-bond donors (Lipinski definition) is 0. The molecule has 0 radical (unpaired) electrons. The first-order valence-electron chi connectivity index (χ1n) is 6.28. The third-order valence-electron chi connectivity index (χ3n) is 2.61. The first-order valence-corrected chi connectivity index (χ1v) is 6.28. The predicted molar refractivity (Wildman–Crippen MR) is 75.1 cm³/mol. The summed E-state index contributed by atoms with van der Waals surface area (Å²) in [5.41, 5.74) is 2.70. The van der Waals surface area contributed by atoms with Gasteiger partial charge >= 0.3 is 5.97 Å². The van der Waals surface area contributed by atoms with Crippen LogP contribution in [0, 0.1) is 0 Å². The van der Waals surface area contributed by atoms with Crippen LogP contribution < -0.4 is 0 Å². The van der Waals surface area contributed by atoms with E-state index in [1.165, 1.54) is 17.2 Å². The number of hydrogen-bond acceptors (Lipinski definition) is 2. The summed E-state index contributed by atoms with van der Waals surface area (Å²) in [5.74, 6) is -0.290. The molecule has 18 heavy (non-hydrogen) atoms. The van der Waals surface area contributed by atoms with Crippen LogP contribution in [-0.4, -0.2) is 12.6 Å². The Morgan fingerprint density at radius 3 is 2.67 bits per heavy atom. The molecule has 0 heterocycles. The molecule has 0 fully saturated rings. The molecule has 0 atom stereocenters. The first-order chi connectivity index (χ1) is 8.74. The van der Waals surface area contributed by atoms with Gasteiger partial charge in [-0.15, -0.1) is 0 Å². The van der Waals surface area contributed by atoms with Gasteiger partial charge in [-0.3, -0.25) is 0 Å². The number of rotatable bonds is 6. The van der Waals surface area contributed by atoms with Gasteiger partial charge in [0.05, 0.1) is 6.61 Å². The van der Waals surface area contributed by atoms with Crippen LogP contribution in [0.4, 0.5) is 0 Å². The molecule has 0 unspecified atom stereocenters. The number of ether oxygens (including phenoxy) is 1. The average molecular weight is 244 g/mol. The van der Waals surface area contributed by atoms with E-state index in [2.05, 4.69) is 37.3 Å². The van der Waals surface area contributed by atoms with Gasteiger partial charge in [0.2, 0.25) is 0 Å². The normalized spacial score (nSPS) is 14.0. The third-order valence-corrected chi connectivity index (χ3v) is 2.61. The maximum atomic E-state index is 11.0. The van der Waals surface area contributed by atoms with Crippen molar-refractivity contribution in [2.45, 2.75) is 26.7 Å². The summed E-state index contributed by atoms with van der Waals surface area (Å²) in [7, 11) is 0. The highest BCUT2D eigenvalue weighted by Gasteiger charge is 1.97. The lowest BCUT2D eigenvalue weighted by Crippen LogP contribution is -1.98. The molecule has 0 saturated carbocycles. The summed E-state index contributed by atoms with van der Waals surface area (Å²) >= 11 is 0. The van der Waals surface area contributed by atoms with E-state index in [1.54, 1.807) is 13.0 Å². The van der Waals surface area contributed by atoms with E-state index in [0.29, 0.717) is 6.61 Å². The SMILES string of the molecule is CCOC(=O)/C=C/C=C/CCC(C)=C1C=CC=C1. The maximum absolute atomic E-state index is 11.0. The first kappa shape index (κ1) is 14.2. The summed E-state index contributed by atoms with van der Waals surface area (Å²) in [5, 5.41) is 0. The van der Waals surface area contributed by atoms with Crippen LogP contribution in [0.5, 0.6) is 0 Å². The van der Waals surface area contributed by atoms with Crippen LogP contribution in [0.2, 0.25) is 0 Å². The zero-order chi connectivity index (χ0) is 13.2. The molecule has 0 amide bonds. The fourth-order valence-corrected chi connectivity index (χ4v) is 1.60. The van der Waals surface area contributed by atoms with Gasteiger partial charge in [-0.2, -0.15) is 0 Å². The van der Waals surface area contributed by atoms with Crippen LogP contribution in [0.3, 0.4) is 0 Å². The standard InChI is InChI=1S/C16H20O2/c1-3-18-16(17)13-7-5-4-6-10-14(2)15-11-8-9-12-15/h4-5,7-9,11-13H,3,6,10H2,1-2H3/b5-4+,13-7+. The van der Waals surface area contributed by atoms with E-state index in [9.17, 15) is 4.79 Å². The van der Waals surface area contributed by atoms with Crippen LogP contribution in [0.1, 0.15) is 26.7 Å². The largest absolute Gasteiger partial charge is 0.463 e. The minimum absolute atomic E-state index is 0.290. The van der Waals surface area contributed by atoms with Gasteiger partial charge in [-0.25, -0.2) is 4.79 Å². The minimum atomic E-state index is -0.290.